The second-order valence-electron chi connectivity index (χ2n) is 9.26. The predicted octanol–water partition coefficient (Wildman–Crippen LogP) is 5.04. The second kappa shape index (κ2) is 11.6. The molecule has 1 saturated heterocycles. The van der Waals surface area contributed by atoms with Crippen LogP contribution in [0.3, 0.4) is 0 Å². The number of aryl methyl sites for hydroxylation is 2. The molecule has 1 N–H and O–H groups in total. The molecule has 0 saturated carbocycles. The molecule has 1 aliphatic rings. The van der Waals surface area contributed by atoms with Crippen LogP contribution in [0.4, 0.5) is 11.5 Å². The van der Waals surface area contributed by atoms with Gasteiger partial charge in [-0.3, -0.25) is 4.90 Å². The molecule has 8 nitrogen and oxygen atoms in total. The summed E-state index contributed by atoms with van der Waals surface area (Å²) in [5.74, 6) is 6.24. The van der Waals surface area contributed by atoms with Crippen LogP contribution in [0.5, 0.6) is 0 Å². The highest BCUT2D eigenvalue weighted by molar-refractivity contribution is 7.98. The van der Waals surface area contributed by atoms with Crippen molar-refractivity contribution in [2.24, 2.45) is 0 Å². The van der Waals surface area contributed by atoms with Crippen molar-refractivity contribution in [3.8, 4) is 0 Å². The summed E-state index contributed by atoms with van der Waals surface area (Å²) in [6, 6.07) is 13.8. The zero-order chi connectivity index (χ0) is 24.9. The van der Waals surface area contributed by atoms with Crippen molar-refractivity contribution in [3.63, 3.8) is 0 Å². The van der Waals surface area contributed by atoms with Crippen molar-refractivity contribution in [2.45, 2.75) is 32.1 Å². The highest BCUT2D eigenvalue weighted by Crippen LogP contribution is 2.22. The summed E-state index contributed by atoms with van der Waals surface area (Å²) in [5, 5.41) is 8.77. The lowest BCUT2D eigenvalue weighted by molar-refractivity contribution is 0.140. The molecule has 0 amide bonds. The molecule has 36 heavy (non-hydrogen) atoms. The van der Waals surface area contributed by atoms with Crippen LogP contribution in [0.25, 0.3) is 5.78 Å². The standard InChI is InChI=1S/C26H32ClN7OS/c1-19-15-25(29-21-6-3-5-20(27)16-21)34-26(28-19)30-24(31-34)7-4-14-36-18-23-9-8-22(35-23)17-33-12-10-32(2)11-13-33/h3,5-6,8-9,15-16,29H,4,7,10-14,17-18H2,1-2H3. The fourth-order valence-electron chi connectivity index (χ4n) is 4.25. The van der Waals surface area contributed by atoms with E-state index in [2.05, 4.69) is 44.3 Å². The lowest BCUT2D eigenvalue weighted by Gasteiger charge is -2.31. The molecule has 1 aliphatic heterocycles. The highest BCUT2D eigenvalue weighted by atomic mass is 35.5. The Balaban J connectivity index is 1.10. The first-order valence-corrected chi connectivity index (χ1v) is 13.9. The van der Waals surface area contributed by atoms with Gasteiger partial charge < -0.3 is 14.6 Å². The predicted molar refractivity (Wildman–Crippen MR) is 146 cm³/mol. The van der Waals surface area contributed by atoms with Crippen molar-refractivity contribution in [3.05, 3.63) is 70.5 Å². The molecule has 3 aromatic heterocycles. The van der Waals surface area contributed by atoms with Crippen molar-refractivity contribution in [1.82, 2.24) is 29.4 Å². The van der Waals surface area contributed by atoms with Gasteiger partial charge in [0.1, 0.15) is 17.3 Å². The van der Waals surface area contributed by atoms with Gasteiger partial charge in [0, 0.05) is 55.1 Å². The number of hydrogen-bond acceptors (Lipinski definition) is 8. The Hall–Kier alpha value is -2.59. The van der Waals surface area contributed by atoms with Crippen LogP contribution < -0.4 is 5.32 Å². The highest BCUT2D eigenvalue weighted by Gasteiger charge is 2.15. The molecule has 0 radical (unpaired) electrons. The summed E-state index contributed by atoms with van der Waals surface area (Å²) >= 11 is 8.02. The van der Waals surface area contributed by atoms with Gasteiger partial charge in [0.15, 0.2) is 5.82 Å². The minimum atomic E-state index is 0.602. The number of halogens is 1. The number of piperazine rings is 1. The summed E-state index contributed by atoms with van der Waals surface area (Å²) in [7, 11) is 2.18. The molecule has 0 bridgehead atoms. The molecule has 5 rings (SSSR count). The van der Waals surface area contributed by atoms with E-state index >= 15 is 0 Å². The van der Waals surface area contributed by atoms with Crippen LogP contribution >= 0.6 is 23.4 Å². The minimum Gasteiger partial charge on any atom is -0.464 e. The number of aromatic nitrogens is 4. The SMILES string of the molecule is Cc1cc(Nc2cccc(Cl)c2)n2nc(CCCSCc3ccc(CN4CCN(C)CC4)o3)nc2n1. The summed E-state index contributed by atoms with van der Waals surface area (Å²) in [5.41, 5.74) is 1.78. The van der Waals surface area contributed by atoms with Gasteiger partial charge in [0.05, 0.1) is 12.3 Å². The van der Waals surface area contributed by atoms with Gasteiger partial charge in [-0.2, -0.15) is 21.3 Å². The van der Waals surface area contributed by atoms with Crippen LogP contribution in [0, 0.1) is 6.92 Å². The van der Waals surface area contributed by atoms with Crippen LogP contribution in [0.15, 0.2) is 46.9 Å². The Morgan fingerprint density at radius 1 is 1.06 bits per heavy atom. The van der Waals surface area contributed by atoms with Gasteiger partial charge in [0.2, 0.25) is 0 Å². The third kappa shape index (κ3) is 6.59. The number of anilines is 2. The molecule has 1 aromatic carbocycles. The Labute approximate surface area is 221 Å². The fourth-order valence-corrected chi connectivity index (χ4v) is 5.29. The quantitative estimate of drug-likeness (QED) is 0.289. The molecule has 0 aliphatic carbocycles. The first-order valence-electron chi connectivity index (χ1n) is 12.3. The topological polar surface area (TPSA) is 74.7 Å². The van der Waals surface area contributed by atoms with Crippen LogP contribution in [0.1, 0.15) is 29.5 Å². The van der Waals surface area contributed by atoms with E-state index in [9.17, 15) is 0 Å². The Kier molecular flexibility index (Phi) is 8.11. The maximum Gasteiger partial charge on any atom is 0.254 e. The number of benzene rings is 1. The number of likely N-dealkylation sites (N-methyl/N-ethyl adjacent to an activating group) is 1. The number of nitrogens with zero attached hydrogens (tertiary/aromatic N) is 6. The van der Waals surface area contributed by atoms with Gasteiger partial charge in [-0.1, -0.05) is 17.7 Å². The molecule has 0 atom stereocenters. The van der Waals surface area contributed by atoms with E-state index in [1.54, 1.807) is 4.52 Å². The van der Waals surface area contributed by atoms with Crippen molar-refractivity contribution >= 4 is 40.6 Å². The number of rotatable bonds is 10. The maximum atomic E-state index is 6.13. The fraction of sp³-hybridized carbons (Fsp3) is 0.423. The van der Waals surface area contributed by atoms with Crippen LogP contribution in [0.2, 0.25) is 5.02 Å². The number of furan rings is 1. The third-order valence-corrected chi connectivity index (χ3v) is 7.51. The molecule has 0 spiro atoms. The molecule has 10 heteroatoms. The van der Waals surface area contributed by atoms with Gasteiger partial charge in [-0.25, -0.2) is 4.98 Å². The summed E-state index contributed by atoms with van der Waals surface area (Å²) in [6.07, 6.45) is 1.80. The van der Waals surface area contributed by atoms with Gasteiger partial charge in [0.25, 0.3) is 5.78 Å². The second-order valence-corrected chi connectivity index (χ2v) is 10.8. The van der Waals surface area contributed by atoms with E-state index in [0.717, 1.165) is 91.6 Å². The molecule has 190 valence electrons. The molecular formula is C26H32ClN7OS. The van der Waals surface area contributed by atoms with E-state index in [1.807, 2.05) is 49.0 Å². The van der Waals surface area contributed by atoms with Gasteiger partial charge >= 0.3 is 0 Å². The zero-order valence-electron chi connectivity index (χ0n) is 20.8. The van der Waals surface area contributed by atoms with Crippen LogP contribution in [-0.2, 0) is 18.7 Å². The first-order chi connectivity index (χ1) is 17.5. The van der Waals surface area contributed by atoms with Crippen molar-refractivity contribution < 1.29 is 4.42 Å². The Morgan fingerprint density at radius 2 is 1.89 bits per heavy atom. The number of thioether (sulfide) groups is 1. The average Bonchev–Trinajstić information content (AvgIpc) is 3.47. The summed E-state index contributed by atoms with van der Waals surface area (Å²) < 4.78 is 7.84. The lowest BCUT2D eigenvalue weighted by Crippen LogP contribution is -2.43. The lowest BCUT2D eigenvalue weighted by atomic mass is 10.3. The monoisotopic (exact) mass is 525 g/mol. The minimum absolute atomic E-state index is 0.602. The number of nitrogens with one attached hydrogen (secondary N) is 1. The van der Waals surface area contributed by atoms with E-state index in [1.165, 1.54) is 0 Å². The van der Waals surface area contributed by atoms with E-state index in [4.69, 9.17) is 21.1 Å². The molecule has 0 unspecified atom stereocenters. The van der Waals surface area contributed by atoms with E-state index < -0.39 is 0 Å². The van der Waals surface area contributed by atoms with Gasteiger partial charge in [-0.05, 0) is 56.5 Å². The largest absolute Gasteiger partial charge is 0.464 e. The van der Waals surface area contributed by atoms with Crippen molar-refractivity contribution in [2.75, 3.05) is 44.3 Å². The van der Waals surface area contributed by atoms with Gasteiger partial charge in [-0.15, -0.1) is 5.10 Å². The summed E-state index contributed by atoms with van der Waals surface area (Å²) in [6.45, 7) is 7.32. The molecular weight excluding hydrogens is 494 g/mol. The molecule has 1 fully saturated rings. The van der Waals surface area contributed by atoms with Crippen molar-refractivity contribution in [1.29, 1.82) is 0 Å². The Morgan fingerprint density at radius 3 is 2.72 bits per heavy atom. The van der Waals surface area contributed by atoms with E-state index in [-0.39, 0.29) is 0 Å². The molecule has 4 aromatic rings. The third-order valence-electron chi connectivity index (χ3n) is 6.21. The normalized spacial score (nSPS) is 15.1. The van der Waals surface area contributed by atoms with E-state index in [0.29, 0.717) is 10.8 Å². The number of hydrogen-bond donors (Lipinski definition) is 1. The van der Waals surface area contributed by atoms with Crippen LogP contribution in [-0.4, -0.2) is 68.4 Å². The zero-order valence-corrected chi connectivity index (χ0v) is 22.4. The molecule has 4 heterocycles. The Bertz CT molecular complexity index is 1300. The number of fused-ring (bicyclic) bond motifs is 1. The maximum absolute atomic E-state index is 6.13. The average molecular weight is 526 g/mol. The summed E-state index contributed by atoms with van der Waals surface area (Å²) in [4.78, 5) is 14.0. The first kappa shape index (κ1) is 25.1. The smallest absolute Gasteiger partial charge is 0.254 e.